The van der Waals surface area contributed by atoms with Crippen molar-refractivity contribution in [3.05, 3.63) is 42.0 Å². The number of hydrogen-bond donors (Lipinski definition) is 0. The van der Waals surface area contributed by atoms with E-state index in [1.807, 2.05) is 24.5 Å². The molecule has 6 nitrogen and oxygen atoms in total. The van der Waals surface area contributed by atoms with E-state index in [1.54, 1.807) is 20.3 Å². The zero-order valence-electron chi connectivity index (χ0n) is 15.8. The van der Waals surface area contributed by atoms with Crippen LogP contribution in [0, 0.1) is 5.92 Å². The number of benzene rings is 1. The van der Waals surface area contributed by atoms with Crippen molar-refractivity contribution in [2.24, 2.45) is 5.92 Å². The molecule has 1 atom stereocenters. The lowest BCUT2D eigenvalue weighted by Crippen LogP contribution is -2.39. The van der Waals surface area contributed by atoms with Crippen LogP contribution in [0.3, 0.4) is 0 Å². The van der Waals surface area contributed by atoms with Gasteiger partial charge in [0.15, 0.2) is 5.78 Å². The standard InChI is InChI=1S/C20H27N3O3/c1-4-23-11-9-21-19(23)14-22-10-5-6-15(13-22)20(24)17-8-7-16(25-2)12-18(17)26-3/h7-9,11-12,15H,4-6,10,13-14H2,1-3H3. The second kappa shape index (κ2) is 8.36. The van der Waals surface area contributed by atoms with Crippen LogP contribution in [-0.4, -0.2) is 47.5 Å². The molecule has 0 saturated carbocycles. The summed E-state index contributed by atoms with van der Waals surface area (Å²) in [6.07, 6.45) is 5.77. The highest BCUT2D eigenvalue weighted by atomic mass is 16.5. The zero-order valence-corrected chi connectivity index (χ0v) is 15.8. The molecule has 26 heavy (non-hydrogen) atoms. The number of aromatic nitrogens is 2. The lowest BCUT2D eigenvalue weighted by atomic mass is 9.89. The molecule has 0 bridgehead atoms. The van der Waals surface area contributed by atoms with Gasteiger partial charge < -0.3 is 14.0 Å². The van der Waals surface area contributed by atoms with E-state index in [-0.39, 0.29) is 11.7 Å². The SMILES string of the molecule is CCn1ccnc1CN1CCCC(C(=O)c2ccc(OC)cc2OC)C1. The summed E-state index contributed by atoms with van der Waals surface area (Å²) in [5.41, 5.74) is 0.634. The molecule has 0 aliphatic carbocycles. The Kier molecular flexibility index (Phi) is 5.93. The molecule has 1 aromatic carbocycles. The fourth-order valence-electron chi connectivity index (χ4n) is 3.61. The summed E-state index contributed by atoms with van der Waals surface area (Å²) in [5.74, 6) is 2.45. The van der Waals surface area contributed by atoms with Crippen LogP contribution in [0.25, 0.3) is 0 Å². The zero-order chi connectivity index (χ0) is 18.5. The molecule has 1 aliphatic heterocycles. The average molecular weight is 357 g/mol. The number of hydrogen-bond acceptors (Lipinski definition) is 5. The van der Waals surface area contributed by atoms with E-state index in [4.69, 9.17) is 9.47 Å². The van der Waals surface area contributed by atoms with Gasteiger partial charge in [0.25, 0.3) is 0 Å². The lowest BCUT2D eigenvalue weighted by molar-refractivity contribution is 0.0804. The Morgan fingerprint density at radius 2 is 2.15 bits per heavy atom. The third kappa shape index (κ3) is 3.90. The van der Waals surface area contributed by atoms with Crippen LogP contribution >= 0.6 is 0 Å². The molecule has 1 unspecified atom stereocenters. The van der Waals surface area contributed by atoms with E-state index in [2.05, 4.69) is 21.4 Å². The molecule has 3 rings (SSSR count). The van der Waals surface area contributed by atoms with Crippen LogP contribution in [0.4, 0.5) is 0 Å². The molecular formula is C20H27N3O3. The van der Waals surface area contributed by atoms with E-state index in [9.17, 15) is 4.79 Å². The van der Waals surface area contributed by atoms with Gasteiger partial charge in [-0.3, -0.25) is 9.69 Å². The van der Waals surface area contributed by atoms with E-state index in [0.29, 0.717) is 17.1 Å². The number of rotatable bonds is 7. The fraction of sp³-hybridized carbons (Fsp3) is 0.500. The van der Waals surface area contributed by atoms with Crippen molar-refractivity contribution in [1.82, 2.24) is 14.5 Å². The first kappa shape index (κ1) is 18.5. The van der Waals surface area contributed by atoms with E-state index >= 15 is 0 Å². The Balaban J connectivity index is 1.72. The molecule has 6 heteroatoms. The van der Waals surface area contributed by atoms with Crippen molar-refractivity contribution in [2.45, 2.75) is 32.9 Å². The summed E-state index contributed by atoms with van der Waals surface area (Å²) in [5, 5.41) is 0. The van der Waals surface area contributed by atoms with Crippen LogP contribution in [0.1, 0.15) is 35.9 Å². The van der Waals surface area contributed by atoms with Gasteiger partial charge >= 0.3 is 0 Å². The Morgan fingerprint density at radius 3 is 2.88 bits per heavy atom. The second-order valence-electron chi connectivity index (χ2n) is 6.63. The van der Waals surface area contributed by atoms with Crippen molar-refractivity contribution in [3.8, 4) is 11.5 Å². The maximum absolute atomic E-state index is 13.1. The van der Waals surface area contributed by atoms with Gasteiger partial charge in [-0.15, -0.1) is 0 Å². The number of ketones is 1. The molecule has 0 N–H and O–H groups in total. The van der Waals surface area contributed by atoms with Gasteiger partial charge in [0.05, 0.1) is 26.3 Å². The third-order valence-electron chi connectivity index (χ3n) is 5.06. The number of aryl methyl sites for hydroxylation is 1. The predicted molar refractivity (Wildman–Crippen MR) is 99.8 cm³/mol. The van der Waals surface area contributed by atoms with Gasteiger partial charge in [-0.25, -0.2) is 4.98 Å². The van der Waals surface area contributed by atoms with E-state index < -0.39 is 0 Å². The van der Waals surface area contributed by atoms with Crippen LogP contribution < -0.4 is 9.47 Å². The maximum Gasteiger partial charge on any atom is 0.170 e. The number of Topliss-reactive ketones (excluding diaryl/α,β-unsaturated/α-hetero) is 1. The normalized spacial score (nSPS) is 17.9. The molecule has 1 fully saturated rings. The fourth-order valence-corrected chi connectivity index (χ4v) is 3.61. The second-order valence-corrected chi connectivity index (χ2v) is 6.63. The highest BCUT2D eigenvalue weighted by Gasteiger charge is 2.29. The summed E-state index contributed by atoms with van der Waals surface area (Å²) in [7, 11) is 3.19. The molecule has 0 spiro atoms. The number of imidazole rings is 1. The minimum Gasteiger partial charge on any atom is -0.497 e. The Hall–Kier alpha value is -2.34. The molecule has 2 aromatic rings. The minimum atomic E-state index is -0.0175. The largest absolute Gasteiger partial charge is 0.497 e. The topological polar surface area (TPSA) is 56.6 Å². The third-order valence-corrected chi connectivity index (χ3v) is 5.06. The number of ether oxygens (including phenoxy) is 2. The van der Waals surface area contributed by atoms with Gasteiger partial charge in [-0.1, -0.05) is 0 Å². The molecule has 1 aromatic heterocycles. The summed E-state index contributed by atoms with van der Waals surface area (Å²) in [6.45, 7) is 5.56. The first-order chi connectivity index (χ1) is 12.7. The predicted octanol–water partition coefficient (Wildman–Crippen LogP) is 3.02. The number of methoxy groups -OCH3 is 2. The maximum atomic E-state index is 13.1. The van der Waals surface area contributed by atoms with Gasteiger partial charge in [-0.2, -0.15) is 0 Å². The van der Waals surface area contributed by atoms with Gasteiger partial charge in [0.1, 0.15) is 17.3 Å². The number of piperidine rings is 1. The molecule has 1 aliphatic rings. The summed E-state index contributed by atoms with van der Waals surface area (Å²) >= 11 is 0. The van der Waals surface area contributed by atoms with Gasteiger partial charge in [0.2, 0.25) is 0 Å². The Bertz CT molecular complexity index is 757. The van der Waals surface area contributed by atoms with Gasteiger partial charge in [0, 0.05) is 37.5 Å². The van der Waals surface area contributed by atoms with E-state index in [1.165, 1.54) is 0 Å². The molecule has 0 amide bonds. The number of nitrogens with zero attached hydrogens (tertiary/aromatic N) is 3. The first-order valence-electron chi connectivity index (χ1n) is 9.14. The molecule has 0 radical (unpaired) electrons. The minimum absolute atomic E-state index is 0.0175. The quantitative estimate of drug-likeness (QED) is 0.713. The lowest BCUT2D eigenvalue weighted by Gasteiger charge is -2.32. The van der Waals surface area contributed by atoms with Crippen molar-refractivity contribution in [3.63, 3.8) is 0 Å². The van der Waals surface area contributed by atoms with Crippen LogP contribution in [-0.2, 0) is 13.1 Å². The Morgan fingerprint density at radius 1 is 1.31 bits per heavy atom. The monoisotopic (exact) mass is 357 g/mol. The van der Waals surface area contributed by atoms with Crippen molar-refractivity contribution in [2.75, 3.05) is 27.3 Å². The summed E-state index contributed by atoms with van der Waals surface area (Å²) in [6, 6.07) is 5.39. The summed E-state index contributed by atoms with van der Waals surface area (Å²) in [4.78, 5) is 19.9. The first-order valence-corrected chi connectivity index (χ1v) is 9.14. The highest BCUT2D eigenvalue weighted by Crippen LogP contribution is 2.29. The molecule has 1 saturated heterocycles. The van der Waals surface area contributed by atoms with Crippen molar-refractivity contribution < 1.29 is 14.3 Å². The summed E-state index contributed by atoms with van der Waals surface area (Å²) < 4.78 is 12.8. The van der Waals surface area contributed by atoms with Gasteiger partial charge in [-0.05, 0) is 38.4 Å². The number of likely N-dealkylation sites (tertiary alicyclic amines) is 1. The smallest absolute Gasteiger partial charge is 0.170 e. The van der Waals surface area contributed by atoms with Crippen molar-refractivity contribution in [1.29, 1.82) is 0 Å². The van der Waals surface area contributed by atoms with E-state index in [0.717, 1.165) is 44.8 Å². The number of carbonyl (C=O) groups excluding carboxylic acids is 1. The molecular weight excluding hydrogens is 330 g/mol. The van der Waals surface area contributed by atoms with Crippen molar-refractivity contribution >= 4 is 5.78 Å². The Labute approximate surface area is 154 Å². The van der Waals surface area contributed by atoms with Crippen LogP contribution in [0.2, 0.25) is 0 Å². The molecule has 2 heterocycles. The molecule has 140 valence electrons. The number of carbonyl (C=O) groups is 1. The van der Waals surface area contributed by atoms with Crippen LogP contribution in [0.15, 0.2) is 30.6 Å². The van der Waals surface area contributed by atoms with Crippen LogP contribution in [0.5, 0.6) is 11.5 Å². The average Bonchev–Trinajstić information content (AvgIpc) is 3.14. The highest BCUT2D eigenvalue weighted by molar-refractivity contribution is 6.00.